The number of aromatic hydroxyl groups is 1. The zero-order chi connectivity index (χ0) is 20.2. The highest BCUT2D eigenvalue weighted by molar-refractivity contribution is 5.72. The van der Waals surface area contributed by atoms with Gasteiger partial charge in [0, 0.05) is 30.3 Å². The summed E-state index contributed by atoms with van der Waals surface area (Å²) >= 11 is 0. The zero-order valence-corrected chi connectivity index (χ0v) is 16.9. The second kappa shape index (κ2) is 8.81. The molecule has 1 aromatic heterocycles. The minimum atomic E-state index is 0.189. The highest BCUT2D eigenvalue weighted by Gasteiger charge is 2.29. The molecule has 2 heterocycles. The Morgan fingerprint density at radius 1 is 1.21 bits per heavy atom. The monoisotopic (exact) mass is 392 g/mol. The molecule has 29 heavy (non-hydrogen) atoms. The van der Waals surface area contributed by atoms with Crippen LogP contribution in [0.25, 0.3) is 11.3 Å². The number of anilines is 1. The number of benzene rings is 1. The Bertz CT molecular complexity index is 928. The number of likely N-dealkylation sites (tertiary alicyclic amines) is 1. The van der Waals surface area contributed by atoms with E-state index in [-0.39, 0.29) is 12.4 Å². The molecule has 0 spiro atoms. The number of aliphatic hydroxyl groups excluding tert-OH is 1. The van der Waals surface area contributed by atoms with Crippen molar-refractivity contribution >= 4 is 5.82 Å². The third kappa shape index (κ3) is 4.69. The van der Waals surface area contributed by atoms with Gasteiger partial charge in [-0.3, -0.25) is 4.90 Å². The molecular formula is C23H28N4O2. The minimum absolute atomic E-state index is 0.189. The first-order valence-electron chi connectivity index (χ1n) is 10.4. The van der Waals surface area contributed by atoms with E-state index < -0.39 is 0 Å². The van der Waals surface area contributed by atoms with Gasteiger partial charge in [0.2, 0.25) is 0 Å². The van der Waals surface area contributed by atoms with Crippen LogP contribution in [-0.2, 0) is 0 Å². The highest BCUT2D eigenvalue weighted by Crippen LogP contribution is 2.45. The Morgan fingerprint density at radius 2 is 2.07 bits per heavy atom. The third-order valence-electron chi connectivity index (χ3n) is 5.64. The van der Waals surface area contributed by atoms with Gasteiger partial charge in [-0.2, -0.15) is 0 Å². The molecule has 1 saturated carbocycles. The lowest BCUT2D eigenvalue weighted by Crippen LogP contribution is -2.43. The predicted molar refractivity (Wildman–Crippen MR) is 114 cm³/mol. The molecule has 1 saturated heterocycles. The maximum absolute atomic E-state index is 10.5. The van der Waals surface area contributed by atoms with Crippen molar-refractivity contribution in [3.8, 4) is 28.8 Å². The van der Waals surface area contributed by atoms with Gasteiger partial charge >= 0.3 is 0 Å². The van der Waals surface area contributed by atoms with Crippen molar-refractivity contribution in [1.82, 2.24) is 15.1 Å². The molecule has 1 aliphatic carbocycles. The molecule has 2 fully saturated rings. The van der Waals surface area contributed by atoms with E-state index in [4.69, 9.17) is 0 Å². The molecule has 0 amide bonds. The predicted octanol–water partition coefficient (Wildman–Crippen LogP) is 2.97. The van der Waals surface area contributed by atoms with E-state index in [0.29, 0.717) is 24.1 Å². The number of β-amino-alcohol motifs (C(OH)–C–C–N with tert-alkyl or cyclic N) is 1. The van der Waals surface area contributed by atoms with E-state index in [2.05, 4.69) is 38.3 Å². The molecule has 3 N–H and O–H groups in total. The number of aliphatic hydroxyl groups is 1. The number of piperidine rings is 1. The van der Waals surface area contributed by atoms with Crippen molar-refractivity contribution in [3.05, 3.63) is 35.4 Å². The molecule has 2 aliphatic rings. The Hall–Kier alpha value is -2.62. The number of hydrogen-bond acceptors (Lipinski definition) is 6. The molecule has 152 valence electrons. The maximum atomic E-state index is 10.5. The SMILES string of the molecule is CC#Cc1ccc(-c2nnc(N[C@@H]3CCCN(CCO)C3)cc2C2CC2)c(O)c1. The van der Waals surface area contributed by atoms with Gasteiger partial charge in [0.05, 0.1) is 6.61 Å². The summed E-state index contributed by atoms with van der Waals surface area (Å²) in [6.45, 7) is 4.63. The van der Waals surface area contributed by atoms with Crippen molar-refractivity contribution in [2.24, 2.45) is 0 Å². The number of phenols is 1. The molecule has 4 rings (SSSR count). The summed E-state index contributed by atoms with van der Waals surface area (Å²) in [6, 6.07) is 7.89. The summed E-state index contributed by atoms with van der Waals surface area (Å²) in [4.78, 5) is 2.28. The first-order valence-corrected chi connectivity index (χ1v) is 10.4. The topological polar surface area (TPSA) is 81.5 Å². The fourth-order valence-corrected chi connectivity index (χ4v) is 4.07. The van der Waals surface area contributed by atoms with Crippen molar-refractivity contribution in [2.75, 3.05) is 31.6 Å². The van der Waals surface area contributed by atoms with Crippen LogP contribution in [0, 0.1) is 11.8 Å². The smallest absolute Gasteiger partial charge is 0.149 e. The van der Waals surface area contributed by atoms with Gasteiger partial charge < -0.3 is 15.5 Å². The number of aromatic nitrogens is 2. The number of hydrogen-bond donors (Lipinski definition) is 3. The van der Waals surface area contributed by atoms with Crippen molar-refractivity contribution in [1.29, 1.82) is 0 Å². The Morgan fingerprint density at radius 3 is 2.79 bits per heavy atom. The fraction of sp³-hybridized carbons (Fsp3) is 0.478. The van der Waals surface area contributed by atoms with Crippen LogP contribution in [0.3, 0.4) is 0 Å². The van der Waals surface area contributed by atoms with E-state index in [0.717, 1.165) is 61.4 Å². The first-order chi connectivity index (χ1) is 14.2. The first kappa shape index (κ1) is 19.7. The van der Waals surface area contributed by atoms with Crippen LogP contribution in [0.15, 0.2) is 24.3 Å². The lowest BCUT2D eigenvalue weighted by molar-refractivity contribution is 0.166. The number of nitrogens with one attached hydrogen (secondary N) is 1. The normalized spacial score (nSPS) is 19.4. The number of phenolic OH excluding ortho intramolecular Hbond substituents is 1. The van der Waals surface area contributed by atoms with E-state index in [9.17, 15) is 10.2 Å². The molecule has 1 aromatic carbocycles. The molecule has 0 unspecified atom stereocenters. The average molecular weight is 393 g/mol. The second-order valence-corrected chi connectivity index (χ2v) is 7.92. The maximum Gasteiger partial charge on any atom is 0.149 e. The Labute approximate surface area is 172 Å². The van der Waals surface area contributed by atoms with Crippen molar-refractivity contribution in [3.63, 3.8) is 0 Å². The molecule has 2 aromatic rings. The van der Waals surface area contributed by atoms with Gasteiger partial charge in [0.25, 0.3) is 0 Å². The summed E-state index contributed by atoms with van der Waals surface area (Å²) in [5.41, 5.74) is 3.41. The standard InChI is InChI=1S/C23H28N4O2/c1-2-4-16-6-9-19(21(29)13-16)23-20(17-7-8-17)14-22(25-26-23)24-18-5-3-10-27(15-18)11-12-28/h6,9,13-14,17-18,28-29H,3,5,7-8,10-12,15H2,1H3,(H,24,25)/t18-/m1/s1. The molecule has 6 heteroatoms. The molecule has 0 bridgehead atoms. The van der Waals surface area contributed by atoms with Crippen LogP contribution < -0.4 is 5.32 Å². The highest BCUT2D eigenvalue weighted by atomic mass is 16.3. The Kier molecular flexibility index (Phi) is 5.98. The van der Waals surface area contributed by atoms with E-state index in [1.165, 1.54) is 0 Å². The van der Waals surface area contributed by atoms with Crippen LogP contribution in [0.5, 0.6) is 5.75 Å². The van der Waals surface area contributed by atoms with Gasteiger partial charge in [-0.15, -0.1) is 16.1 Å². The zero-order valence-electron chi connectivity index (χ0n) is 16.9. The summed E-state index contributed by atoms with van der Waals surface area (Å²) in [6.07, 6.45) is 4.49. The summed E-state index contributed by atoms with van der Waals surface area (Å²) in [5, 5.41) is 32.2. The Balaban J connectivity index is 1.57. The van der Waals surface area contributed by atoms with Crippen LogP contribution in [0.4, 0.5) is 5.82 Å². The van der Waals surface area contributed by atoms with E-state index in [1.54, 1.807) is 13.0 Å². The summed E-state index contributed by atoms with van der Waals surface area (Å²) in [7, 11) is 0. The van der Waals surface area contributed by atoms with Crippen LogP contribution in [-0.4, -0.2) is 57.6 Å². The third-order valence-corrected chi connectivity index (χ3v) is 5.64. The number of nitrogens with zero attached hydrogens (tertiary/aromatic N) is 3. The average Bonchev–Trinajstić information content (AvgIpc) is 3.55. The largest absolute Gasteiger partial charge is 0.507 e. The van der Waals surface area contributed by atoms with Gasteiger partial charge in [0.15, 0.2) is 0 Å². The van der Waals surface area contributed by atoms with Crippen molar-refractivity contribution in [2.45, 2.75) is 44.6 Å². The van der Waals surface area contributed by atoms with Gasteiger partial charge in [-0.25, -0.2) is 0 Å². The van der Waals surface area contributed by atoms with Crippen LogP contribution in [0.2, 0.25) is 0 Å². The summed E-state index contributed by atoms with van der Waals surface area (Å²) < 4.78 is 0. The lowest BCUT2D eigenvalue weighted by atomic mass is 10.0. The molecule has 1 atom stereocenters. The van der Waals surface area contributed by atoms with E-state index in [1.807, 2.05) is 12.1 Å². The minimum Gasteiger partial charge on any atom is -0.507 e. The van der Waals surface area contributed by atoms with Gasteiger partial charge in [0.1, 0.15) is 17.3 Å². The molecule has 6 nitrogen and oxygen atoms in total. The molecule has 0 radical (unpaired) electrons. The molecular weight excluding hydrogens is 364 g/mol. The number of rotatable bonds is 6. The fourth-order valence-electron chi connectivity index (χ4n) is 4.07. The second-order valence-electron chi connectivity index (χ2n) is 7.92. The van der Waals surface area contributed by atoms with Gasteiger partial charge in [-0.1, -0.05) is 5.92 Å². The quantitative estimate of drug-likeness (QED) is 0.656. The molecule has 1 aliphatic heterocycles. The van der Waals surface area contributed by atoms with Gasteiger partial charge in [-0.05, 0) is 74.9 Å². The summed E-state index contributed by atoms with van der Waals surface area (Å²) in [5.74, 6) is 7.28. The van der Waals surface area contributed by atoms with Crippen LogP contribution >= 0.6 is 0 Å². The van der Waals surface area contributed by atoms with E-state index >= 15 is 0 Å². The van der Waals surface area contributed by atoms with Crippen molar-refractivity contribution < 1.29 is 10.2 Å². The van der Waals surface area contributed by atoms with Crippen LogP contribution in [0.1, 0.15) is 49.7 Å². The lowest BCUT2D eigenvalue weighted by Gasteiger charge is -2.32.